The average molecular weight is 714 g/mol. The molecule has 0 aromatic heterocycles. The van der Waals surface area contributed by atoms with Gasteiger partial charge in [-0.15, -0.1) is 0 Å². The fourth-order valence-electron chi connectivity index (χ4n) is 9.02. The van der Waals surface area contributed by atoms with E-state index in [2.05, 4.69) is 47.7 Å². The van der Waals surface area contributed by atoms with Gasteiger partial charge < -0.3 is 24.0 Å². The van der Waals surface area contributed by atoms with Crippen molar-refractivity contribution in [1.29, 1.82) is 0 Å². The summed E-state index contributed by atoms with van der Waals surface area (Å²) in [6, 6.07) is 11.9. The number of sulfonamides is 1. The van der Waals surface area contributed by atoms with E-state index in [1.165, 1.54) is 11.1 Å². The Hall–Kier alpha value is -2.37. The molecular weight excluding hydrogens is 662 g/mol. The van der Waals surface area contributed by atoms with Gasteiger partial charge in [-0.2, -0.15) is 0 Å². The van der Waals surface area contributed by atoms with Gasteiger partial charge in [-0.1, -0.05) is 31.5 Å². The molecule has 1 spiro atoms. The van der Waals surface area contributed by atoms with Gasteiger partial charge in [0.25, 0.3) is 5.91 Å². The standard InChI is InChI=1S/C38H52ClN3O6S/c1-24-7-11-32(37-46-19-30(20-47-37)41(3)4)31-12-8-28(31)18-42-22-38(15-5-6-26-16-29(39)10-13-33(26)38)23-48-35-14-9-27(17-34(35)42)36(43)40-49(44,45)21-25(24)2/h9-10,13-14,16-17,24-25,28,30-32,37H,5-8,11-12,15,18-23H2,1-4H3,(H,40,43)/t24-,25+,28+,30?,31-,32-,37?,38+/m1/s1. The van der Waals surface area contributed by atoms with Gasteiger partial charge in [0.1, 0.15) is 5.75 Å². The lowest BCUT2D eigenvalue weighted by Gasteiger charge is -2.49. The minimum atomic E-state index is -3.86. The van der Waals surface area contributed by atoms with Crippen LogP contribution in [0.2, 0.25) is 5.02 Å². The molecule has 3 aliphatic heterocycles. The number of halogens is 1. The van der Waals surface area contributed by atoms with Gasteiger partial charge in [-0.05, 0) is 124 Å². The van der Waals surface area contributed by atoms with Crippen LogP contribution in [0.4, 0.5) is 5.69 Å². The average Bonchev–Trinajstić information content (AvgIpc) is 3.20. The summed E-state index contributed by atoms with van der Waals surface area (Å²) in [6.07, 6.45) is 6.73. The molecule has 2 aromatic carbocycles. The van der Waals surface area contributed by atoms with Crippen LogP contribution >= 0.6 is 11.6 Å². The van der Waals surface area contributed by atoms with E-state index < -0.39 is 15.9 Å². The number of carbonyl (C=O) groups excluding carboxylic acids is 1. The molecule has 1 N–H and O–H groups in total. The fraction of sp³-hybridized carbons (Fsp3) is 0.658. The molecule has 2 fully saturated rings. The van der Waals surface area contributed by atoms with E-state index in [-0.39, 0.29) is 41.3 Å². The zero-order valence-electron chi connectivity index (χ0n) is 29.3. The number of hydrogen-bond donors (Lipinski definition) is 1. The maximum absolute atomic E-state index is 13.5. The molecule has 5 aliphatic rings. The van der Waals surface area contributed by atoms with Crippen LogP contribution in [0.1, 0.15) is 73.9 Å². The van der Waals surface area contributed by atoms with Crippen molar-refractivity contribution in [2.45, 2.75) is 76.5 Å². The van der Waals surface area contributed by atoms with Crippen LogP contribution in [0.25, 0.3) is 0 Å². The number of amides is 1. The molecule has 11 heteroatoms. The highest BCUT2D eigenvalue weighted by molar-refractivity contribution is 7.90. The molecule has 49 heavy (non-hydrogen) atoms. The number of ether oxygens (including phenoxy) is 3. The van der Waals surface area contributed by atoms with Crippen molar-refractivity contribution >= 4 is 33.2 Å². The highest BCUT2D eigenvalue weighted by Gasteiger charge is 2.47. The lowest BCUT2D eigenvalue weighted by atomic mass is 9.64. The first-order chi connectivity index (χ1) is 23.4. The van der Waals surface area contributed by atoms with Crippen LogP contribution in [-0.2, 0) is 31.3 Å². The lowest BCUT2D eigenvalue weighted by Crippen LogP contribution is -2.52. The number of hydrogen-bond acceptors (Lipinski definition) is 8. The number of rotatable bonds is 2. The molecule has 9 nitrogen and oxygen atoms in total. The molecule has 0 unspecified atom stereocenters. The Labute approximate surface area is 297 Å². The summed E-state index contributed by atoms with van der Waals surface area (Å²) < 4.78 is 48.6. The fourth-order valence-corrected chi connectivity index (χ4v) is 10.7. The molecule has 0 radical (unpaired) electrons. The second-order valence-corrected chi connectivity index (χ2v) is 18.1. The van der Waals surface area contributed by atoms with Gasteiger partial charge in [0, 0.05) is 35.0 Å². The maximum Gasteiger partial charge on any atom is 0.264 e. The topological polar surface area (TPSA) is 97.4 Å². The number of nitrogens with one attached hydrogen (secondary N) is 1. The van der Waals surface area contributed by atoms with E-state index in [0.717, 1.165) is 74.5 Å². The third-order valence-corrected chi connectivity index (χ3v) is 14.1. The van der Waals surface area contributed by atoms with Gasteiger partial charge in [-0.25, -0.2) is 13.1 Å². The van der Waals surface area contributed by atoms with Crippen molar-refractivity contribution in [1.82, 2.24) is 9.62 Å². The number of carbonyl (C=O) groups is 1. The summed E-state index contributed by atoms with van der Waals surface area (Å²) in [6.45, 7) is 7.45. The molecule has 2 aliphatic carbocycles. The summed E-state index contributed by atoms with van der Waals surface area (Å²) in [4.78, 5) is 18.1. The molecule has 2 aromatic rings. The SMILES string of the molecule is C[C@@H]1CC[C@@H](C2OCC(N(C)C)CO2)[C@@H]2CC[C@H]2CN2C[C@@]3(CCCc4cc(Cl)ccc43)COc3ccc(cc32)C(=O)NS(=O)(=O)C[C@@H]1C. The Morgan fingerprint density at radius 2 is 1.76 bits per heavy atom. The summed E-state index contributed by atoms with van der Waals surface area (Å²) in [7, 11) is 0.266. The summed E-state index contributed by atoms with van der Waals surface area (Å²) >= 11 is 6.47. The minimum Gasteiger partial charge on any atom is -0.490 e. The monoisotopic (exact) mass is 713 g/mol. The highest BCUT2D eigenvalue weighted by atomic mass is 35.5. The number of aryl methyl sites for hydroxylation is 1. The number of likely N-dealkylation sites (N-methyl/N-ethyl adjacent to an activating group) is 1. The van der Waals surface area contributed by atoms with Crippen molar-refractivity contribution in [2.24, 2.45) is 29.6 Å². The second-order valence-electron chi connectivity index (χ2n) is 15.8. The first-order valence-corrected chi connectivity index (χ1v) is 20.2. The molecule has 3 heterocycles. The van der Waals surface area contributed by atoms with Crippen molar-refractivity contribution < 1.29 is 27.4 Å². The van der Waals surface area contributed by atoms with E-state index in [4.69, 9.17) is 25.8 Å². The Morgan fingerprint density at radius 3 is 2.49 bits per heavy atom. The molecule has 7 rings (SSSR count). The van der Waals surface area contributed by atoms with Crippen molar-refractivity contribution in [3.05, 3.63) is 58.1 Å². The zero-order valence-corrected chi connectivity index (χ0v) is 30.9. The minimum absolute atomic E-state index is 0.107. The third-order valence-electron chi connectivity index (χ3n) is 12.4. The summed E-state index contributed by atoms with van der Waals surface area (Å²) in [5, 5.41) is 0.750. The van der Waals surface area contributed by atoms with Gasteiger partial charge in [0.2, 0.25) is 10.0 Å². The Balaban J connectivity index is 1.26. The Morgan fingerprint density at radius 1 is 0.980 bits per heavy atom. The van der Waals surface area contributed by atoms with Crippen LogP contribution in [0.15, 0.2) is 36.4 Å². The zero-order chi connectivity index (χ0) is 34.5. The van der Waals surface area contributed by atoms with E-state index in [9.17, 15) is 13.2 Å². The Bertz CT molecular complexity index is 1650. The molecule has 2 bridgehead atoms. The van der Waals surface area contributed by atoms with E-state index >= 15 is 0 Å². The molecule has 268 valence electrons. The number of nitrogens with zero attached hydrogens (tertiary/aromatic N) is 2. The van der Waals surface area contributed by atoms with E-state index in [1.807, 2.05) is 25.1 Å². The van der Waals surface area contributed by atoms with Crippen LogP contribution in [0, 0.1) is 29.6 Å². The van der Waals surface area contributed by atoms with Crippen LogP contribution in [0.5, 0.6) is 5.75 Å². The molecular formula is C38H52ClN3O6S. The van der Waals surface area contributed by atoms with Gasteiger partial charge in [0.05, 0.1) is 37.3 Å². The van der Waals surface area contributed by atoms with Crippen LogP contribution in [-0.4, -0.2) is 84.3 Å². The maximum atomic E-state index is 13.5. The molecule has 6 atom stereocenters. The largest absolute Gasteiger partial charge is 0.490 e. The predicted octanol–water partition coefficient (Wildman–Crippen LogP) is 5.88. The summed E-state index contributed by atoms with van der Waals surface area (Å²) in [5.74, 6) is 1.07. The molecule has 1 amide bonds. The number of anilines is 1. The van der Waals surface area contributed by atoms with Gasteiger partial charge >= 0.3 is 0 Å². The smallest absolute Gasteiger partial charge is 0.264 e. The van der Waals surface area contributed by atoms with Gasteiger partial charge in [0.15, 0.2) is 6.29 Å². The Kier molecular flexibility index (Phi) is 10.0. The quantitative estimate of drug-likeness (QED) is 0.412. The normalized spacial score (nSPS) is 34.9. The van der Waals surface area contributed by atoms with Crippen molar-refractivity contribution in [3.8, 4) is 5.75 Å². The first kappa shape index (κ1) is 35.1. The highest BCUT2D eigenvalue weighted by Crippen LogP contribution is 2.49. The number of fused-ring (bicyclic) bond motifs is 4. The third kappa shape index (κ3) is 7.23. The van der Waals surface area contributed by atoms with Crippen LogP contribution < -0.4 is 14.4 Å². The van der Waals surface area contributed by atoms with Gasteiger partial charge in [-0.3, -0.25) is 4.79 Å². The second kappa shape index (κ2) is 14.0. The summed E-state index contributed by atoms with van der Waals surface area (Å²) in [5.41, 5.74) is 3.49. The predicted molar refractivity (Wildman–Crippen MR) is 192 cm³/mol. The van der Waals surface area contributed by atoms with Crippen molar-refractivity contribution in [3.63, 3.8) is 0 Å². The lowest BCUT2D eigenvalue weighted by molar-refractivity contribution is -0.241. The number of benzene rings is 2. The first-order valence-electron chi connectivity index (χ1n) is 18.2. The van der Waals surface area contributed by atoms with E-state index in [0.29, 0.717) is 37.2 Å². The molecule has 1 saturated heterocycles. The van der Waals surface area contributed by atoms with E-state index in [1.54, 1.807) is 6.07 Å². The van der Waals surface area contributed by atoms with Crippen LogP contribution in [0.3, 0.4) is 0 Å². The van der Waals surface area contributed by atoms with Crippen molar-refractivity contribution in [2.75, 3.05) is 57.7 Å². The molecule has 1 saturated carbocycles.